The Morgan fingerprint density at radius 3 is 2.68 bits per heavy atom. The number of anilines is 1. The average Bonchev–Trinajstić information content (AvgIpc) is 2.54. The number of nitrogens with zero attached hydrogens (tertiary/aromatic N) is 2. The van der Waals surface area contributed by atoms with Gasteiger partial charge in [0, 0.05) is 27.4 Å². The second-order valence-corrected chi connectivity index (χ2v) is 6.78. The van der Waals surface area contributed by atoms with E-state index in [-0.39, 0.29) is 0 Å². The maximum Gasteiger partial charge on any atom is 0.0733 e. The fourth-order valence-corrected chi connectivity index (χ4v) is 3.15. The molecule has 4 heteroatoms. The van der Waals surface area contributed by atoms with Crippen molar-refractivity contribution in [2.75, 3.05) is 31.5 Å². The molecule has 22 heavy (non-hydrogen) atoms. The molecule has 120 valence electrons. The van der Waals surface area contributed by atoms with Crippen molar-refractivity contribution in [3.63, 3.8) is 0 Å². The minimum absolute atomic E-state index is 1.03. The molecule has 0 bridgehead atoms. The summed E-state index contributed by atoms with van der Waals surface area (Å²) >= 11 is 2.33. The minimum atomic E-state index is 1.03. The second kappa shape index (κ2) is 9.30. The van der Waals surface area contributed by atoms with Gasteiger partial charge in [0.25, 0.3) is 0 Å². The Kier molecular flexibility index (Phi) is 7.39. The molecule has 0 spiro atoms. The van der Waals surface area contributed by atoms with Crippen molar-refractivity contribution in [2.24, 2.45) is 0 Å². The summed E-state index contributed by atoms with van der Waals surface area (Å²) in [4.78, 5) is 6.94. The SMILES string of the molecule is CCN(CC)CCCCCNc1ccnc2cc(I)ccc12. The van der Waals surface area contributed by atoms with Gasteiger partial charge in [0.1, 0.15) is 0 Å². The van der Waals surface area contributed by atoms with Crippen LogP contribution in [-0.4, -0.2) is 36.1 Å². The zero-order valence-corrected chi connectivity index (χ0v) is 15.8. The van der Waals surface area contributed by atoms with Crippen LogP contribution in [0.3, 0.4) is 0 Å². The Labute approximate surface area is 147 Å². The van der Waals surface area contributed by atoms with E-state index in [0.717, 1.165) is 25.2 Å². The first-order chi connectivity index (χ1) is 10.7. The summed E-state index contributed by atoms with van der Waals surface area (Å²) in [6.45, 7) is 9.06. The highest BCUT2D eigenvalue weighted by molar-refractivity contribution is 14.1. The van der Waals surface area contributed by atoms with E-state index in [2.05, 4.69) is 75.9 Å². The number of aromatic nitrogens is 1. The van der Waals surface area contributed by atoms with Crippen LogP contribution in [0.4, 0.5) is 5.69 Å². The molecule has 0 fully saturated rings. The number of halogens is 1. The molecule has 1 heterocycles. The number of hydrogen-bond donors (Lipinski definition) is 1. The van der Waals surface area contributed by atoms with E-state index in [1.165, 1.54) is 40.5 Å². The number of fused-ring (bicyclic) bond motifs is 1. The summed E-state index contributed by atoms with van der Waals surface area (Å²) in [5.74, 6) is 0. The normalized spacial score (nSPS) is 11.3. The Hall–Kier alpha value is -0.880. The molecule has 0 radical (unpaired) electrons. The molecule has 1 aromatic carbocycles. The van der Waals surface area contributed by atoms with Crippen molar-refractivity contribution in [3.8, 4) is 0 Å². The van der Waals surface area contributed by atoms with Crippen molar-refractivity contribution >= 4 is 39.2 Å². The van der Waals surface area contributed by atoms with Crippen LogP contribution in [0.2, 0.25) is 0 Å². The van der Waals surface area contributed by atoms with Crippen molar-refractivity contribution < 1.29 is 0 Å². The predicted molar refractivity (Wildman–Crippen MR) is 105 cm³/mol. The highest BCUT2D eigenvalue weighted by Gasteiger charge is 2.02. The van der Waals surface area contributed by atoms with Crippen LogP contribution in [0, 0.1) is 3.57 Å². The molecule has 0 unspecified atom stereocenters. The molecule has 2 rings (SSSR count). The summed E-state index contributed by atoms with van der Waals surface area (Å²) < 4.78 is 1.23. The standard InChI is InChI=1S/C18H26IN3/c1-3-22(4-2)13-7-5-6-11-20-17-10-12-21-18-14-15(19)8-9-16(17)18/h8-10,12,14H,3-7,11,13H2,1-2H3,(H,20,21). The van der Waals surface area contributed by atoms with E-state index in [9.17, 15) is 0 Å². The molecule has 0 saturated carbocycles. The lowest BCUT2D eigenvalue weighted by molar-refractivity contribution is 0.296. The van der Waals surface area contributed by atoms with Crippen LogP contribution >= 0.6 is 22.6 Å². The van der Waals surface area contributed by atoms with Gasteiger partial charge in [0.15, 0.2) is 0 Å². The third-order valence-corrected chi connectivity index (χ3v) is 4.74. The van der Waals surface area contributed by atoms with Crippen LogP contribution in [0.5, 0.6) is 0 Å². The molecule has 1 aromatic heterocycles. The molecule has 0 aliphatic heterocycles. The smallest absolute Gasteiger partial charge is 0.0733 e. The van der Waals surface area contributed by atoms with Crippen LogP contribution in [0.25, 0.3) is 10.9 Å². The Morgan fingerprint density at radius 2 is 1.91 bits per heavy atom. The summed E-state index contributed by atoms with van der Waals surface area (Å²) in [5, 5.41) is 4.78. The third kappa shape index (κ3) is 5.09. The number of unbranched alkanes of at least 4 members (excludes halogenated alkanes) is 2. The molecule has 0 amide bonds. The van der Waals surface area contributed by atoms with Gasteiger partial charge in [-0.2, -0.15) is 0 Å². The highest BCUT2D eigenvalue weighted by Crippen LogP contribution is 2.23. The summed E-state index contributed by atoms with van der Waals surface area (Å²) in [5.41, 5.74) is 2.27. The second-order valence-electron chi connectivity index (χ2n) is 5.53. The van der Waals surface area contributed by atoms with Crippen molar-refractivity contribution in [1.82, 2.24) is 9.88 Å². The lowest BCUT2D eigenvalue weighted by Gasteiger charge is -2.17. The Morgan fingerprint density at radius 1 is 1.09 bits per heavy atom. The number of rotatable bonds is 9. The molecule has 2 aromatic rings. The average molecular weight is 411 g/mol. The fraction of sp³-hybridized carbons (Fsp3) is 0.500. The van der Waals surface area contributed by atoms with Gasteiger partial charge in [0.05, 0.1) is 5.52 Å². The number of nitrogens with one attached hydrogen (secondary N) is 1. The van der Waals surface area contributed by atoms with Crippen LogP contribution in [-0.2, 0) is 0 Å². The molecule has 3 nitrogen and oxygen atoms in total. The fourth-order valence-electron chi connectivity index (χ4n) is 2.68. The van der Waals surface area contributed by atoms with Gasteiger partial charge in [-0.05, 0) is 79.3 Å². The maximum absolute atomic E-state index is 4.45. The van der Waals surface area contributed by atoms with E-state index >= 15 is 0 Å². The molecular weight excluding hydrogens is 385 g/mol. The molecular formula is C18H26IN3. The van der Waals surface area contributed by atoms with Gasteiger partial charge in [-0.25, -0.2) is 0 Å². The molecule has 0 aliphatic carbocycles. The number of hydrogen-bond acceptors (Lipinski definition) is 3. The van der Waals surface area contributed by atoms with Crippen molar-refractivity contribution in [2.45, 2.75) is 33.1 Å². The van der Waals surface area contributed by atoms with Crippen molar-refractivity contribution in [3.05, 3.63) is 34.0 Å². The number of pyridine rings is 1. The largest absolute Gasteiger partial charge is 0.384 e. The lowest BCUT2D eigenvalue weighted by atomic mass is 10.2. The van der Waals surface area contributed by atoms with Crippen LogP contribution < -0.4 is 5.32 Å². The highest BCUT2D eigenvalue weighted by atomic mass is 127. The minimum Gasteiger partial charge on any atom is -0.384 e. The van der Waals surface area contributed by atoms with Gasteiger partial charge >= 0.3 is 0 Å². The zero-order valence-electron chi connectivity index (χ0n) is 13.6. The Bertz CT molecular complexity index is 582. The van der Waals surface area contributed by atoms with Gasteiger partial charge in [-0.1, -0.05) is 20.3 Å². The van der Waals surface area contributed by atoms with E-state index in [0.29, 0.717) is 0 Å². The first kappa shape index (κ1) is 17.5. The van der Waals surface area contributed by atoms with Gasteiger partial charge in [0.2, 0.25) is 0 Å². The molecule has 0 saturated heterocycles. The lowest BCUT2D eigenvalue weighted by Crippen LogP contribution is -2.23. The third-order valence-electron chi connectivity index (χ3n) is 4.07. The zero-order chi connectivity index (χ0) is 15.8. The summed E-state index contributed by atoms with van der Waals surface area (Å²) in [7, 11) is 0. The first-order valence-corrected chi connectivity index (χ1v) is 9.33. The maximum atomic E-state index is 4.45. The first-order valence-electron chi connectivity index (χ1n) is 8.25. The molecule has 1 N–H and O–H groups in total. The van der Waals surface area contributed by atoms with E-state index in [1.807, 2.05) is 6.20 Å². The predicted octanol–water partition coefficient (Wildman–Crippen LogP) is 4.76. The van der Waals surface area contributed by atoms with Gasteiger partial charge < -0.3 is 10.2 Å². The van der Waals surface area contributed by atoms with Crippen LogP contribution in [0.15, 0.2) is 30.5 Å². The van der Waals surface area contributed by atoms with Gasteiger partial charge in [-0.15, -0.1) is 0 Å². The van der Waals surface area contributed by atoms with E-state index in [1.54, 1.807) is 0 Å². The van der Waals surface area contributed by atoms with Gasteiger partial charge in [-0.3, -0.25) is 4.98 Å². The summed E-state index contributed by atoms with van der Waals surface area (Å²) in [6, 6.07) is 8.50. The molecule has 0 atom stereocenters. The quantitative estimate of drug-likeness (QED) is 0.476. The van der Waals surface area contributed by atoms with E-state index < -0.39 is 0 Å². The monoisotopic (exact) mass is 411 g/mol. The van der Waals surface area contributed by atoms with E-state index in [4.69, 9.17) is 0 Å². The van der Waals surface area contributed by atoms with Crippen LogP contribution in [0.1, 0.15) is 33.1 Å². The topological polar surface area (TPSA) is 28.2 Å². The molecule has 0 aliphatic rings. The summed E-state index contributed by atoms with van der Waals surface area (Å²) in [6.07, 6.45) is 5.68. The Balaban J connectivity index is 1.78. The van der Waals surface area contributed by atoms with Crippen molar-refractivity contribution in [1.29, 1.82) is 0 Å². The number of benzene rings is 1.